The molecule has 0 spiro atoms. The Labute approximate surface area is 124 Å². The molecule has 0 saturated carbocycles. The van der Waals surface area contributed by atoms with Gasteiger partial charge in [-0.3, -0.25) is 0 Å². The average molecular weight is 295 g/mol. The summed E-state index contributed by atoms with van der Waals surface area (Å²) in [6.45, 7) is 7.37. The molecule has 20 heavy (non-hydrogen) atoms. The summed E-state index contributed by atoms with van der Waals surface area (Å²) in [4.78, 5) is 0. The van der Waals surface area contributed by atoms with E-state index in [2.05, 4.69) is 26.1 Å². The second-order valence-electron chi connectivity index (χ2n) is 5.89. The van der Waals surface area contributed by atoms with E-state index in [0.29, 0.717) is 10.8 Å². The van der Waals surface area contributed by atoms with E-state index in [9.17, 15) is 0 Å². The zero-order valence-electron chi connectivity index (χ0n) is 12.4. The van der Waals surface area contributed by atoms with Gasteiger partial charge >= 0.3 is 0 Å². The number of quaternary nitrogens is 1. The van der Waals surface area contributed by atoms with Crippen molar-refractivity contribution in [3.8, 4) is 17.1 Å². The number of methoxy groups -OCH3 is 1. The van der Waals surface area contributed by atoms with E-state index in [1.54, 1.807) is 7.11 Å². The van der Waals surface area contributed by atoms with E-state index >= 15 is 0 Å². The maximum atomic E-state index is 6.13. The van der Waals surface area contributed by atoms with Crippen LogP contribution in [0.3, 0.4) is 0 Å². The lowest BCUT2D eigenvalue weighted by atomic mass is 10.1. The summed E-state index contributed by atoms with van der Waals surface area (Å²) in [6, 6.07) is 9.64. The molecule has 3 nitrogen and oxygen atoms in total. The number of benzene rings is 1. The third-order valence-electron chi connectivity index (χ3n) is 3.01. The first-order valence-corrected chi connectivity index (χ1v) is 7.04. The van der Waals surface area contributed by atoms with E-state index in [4.69, 9.17) is 20.8 Å². The molecule has 0 fully saturated rings. The Bertz CT molecular complexity index is 584. The van der Waals surface area contributed by atoms with Crippen LogP contribution in [0.25, 0.3) is 11.3 Å². The van der Waals surface area contributed by atoms with Crippen molar-refractivity contribution in [1.82, 2.24) is 0 Å². The van der Waals surface area contributed by atoms with Crippen molar-refractivity contribution in [2.45, 2.75) is 32.9 Å². The fourth-order valence-electron chi connectivity index (χ4n) is 1.87. The highest BCUT2D eigenvalue weighted by Gasteiger charge is 2.15. The normalized spacial score (nSPS) is 11.7. The third kappa shape index (κ3) is 3.78. The SMILES string of the molecule is COc1ccc(-c2ccc(C[NH2+]C(C)(C)C)o2)cc1Cl. The molecule has 2 N–H and O–H groups in total. The smallest absolute Gasteiger partial charge is 0.158 e. The molecule has 0 aliphatic rings. The maximum Gasteiger partial charge on any atom is 0.158 e. The minimum Gasteiger partial charge on any atom is -0.495 e. The van der Waals surface area contributed by atoms with Crippen molar-refractivity contribution in [2.24, 2.45) is 0 Å². The Morgan fingerprint density at radius 2 is 1.95 bits per heavy atom. The first-order chi connectivity index (χ1) is 9.39. The van der Waals surface area contributed by atoms with Crippen LogP contribution in [-0.4, -0.2) is 12.6 Å². The van der Waals surface area contributed by atoms with E-state index < -0.39 is 0 Å². The van der Waals surface area contributed by atoms with Crippen LogP contribution in [-0.2, 0) is 6.54 Å². The first-order valence-electron chi connectivity index (χ1n) is 6.66. The highest BCUT2D eigenvalue weighted by molar-refractivity contribution is 6.32. The molecule has 1 aromatic carbocycles. The number of halogens is 1. The Hall–Kier alpha value is -1.45. The van der Waals surface area contributed by atoms with Gasteiger partial charge in [0.05, 0.1) is 17.7 Å². The molecule has 0 atom stereocenters. The van der Waals surface area contributed by atoms with Gasteiger partial charge in [-0.2, -0.15) is 0 Å². The fraction of sp³-hybridized carbons (Fsp3) is 0.375. The lowest BCUT2D eigenvalue weighted by Gasteiger charge is -2.15. The van der Waals surface area contributed by atoms with Gasteiger partial charge in [0.15, 0.2) is 5.76 Å². The second-order valence-corrected chi connectivity index (χ2v) is 6.30. The number of ether oxygens (including phenoxy) is 1. The lowest BCUT2D eigenvalue weighted by molar-refractivity contribution is -0.732. The quantitative estimate of drug-likeness (QED) is 0.938. The molecular weight excluding hydrogens is 274 g/mol. The molecule has 0 unspecified atom stereocenters. The summed E-state index contributed by atoms with van der Waals surface area (Å²) in [6.07, 6.45) is 0. The van der Waals surface area contributed by atoms with E-state index in [0.717, 1.165) is 23.6 Å². The molecule has 4 heteroatoms. The van der Waals surface area contributed by atoms with Gasteiger partial charge in [-0.05, 0) is 51.1 Å². The molecule has 0 aliphatic carbocycles. The van der Waals surface area contributed by atoms with Crippen molar-refractivity contribution in [2.75, 3.05) is 7.11 Å². The minimum absolute atomic E-state index is 0.191. The fourth-order valence-corrected chi connectivity index (χ4v) is 2.13. The molecule has 1 aromatic heterocycles. The van der Waals surface area contributed by atoms with Crippen LogP contribution in [0.5, 0.6) is 5.75 Å². The Morgan fingerprint density at radius 3 is 2.55 bits per heavy atom. The zero-order valence-corrected chi connectivity index (χ0v) is 13.1. The molecule has 2 aromatic rings. The summed E-state index contributed by atoms with van der Waals surface area (Å²) in [5, 5.41) is 2.83. The molecule has 2 rings (SSSR count). The molecule has 0 aliphatic heterocycles. The molecule has 0 saturated heterocycles. The largest absolute Gasteiger partial charge is 0.495 e. The summed E-state index contributed by atoms with van der Waals surface area (Å²) in [7, 11) is 1.61. The third-order valence-corrected chi connectivity index (χ3v) is 3.31. The molecule has 108 valence electrons. The minimum atomic E-state index is 0.191. The van der Waals surface area contributed by atoms with E-state index in [1.165, 1.54) is 0 Å². The van der Waals surface area contributed by atoms with Crippen molar-refractivity contribution in [3.05, 3.63) is 41.1 Å². The monoisotopic (exact) mass is 294 g/mol. The Morgan fingerprint density at radius 1 is 1.20 bits per heavy atom. The van der Waals surface area contributed by atoms with Gasteiger partial charge < -0.3 is 14.5 Å². The van der Waals surface area contributed by atoms with Gasteiger partial charge in [0, 0.05) is 5.56 Å². The summed E-state index contributed by atoms with van der Waals surface area (Å²) in [5.74, 6) is 2.46. The van der Waals surface area contributed by atoms with Crippen LogP contribution in [0.1, 0.15) is 26.5 Å². The van der Waals surface area contributed by atoms with E-state index in [-0.39, 0.29) is 5.54 Å². The molecule has 0 bridgehead atoms. The van der Waals surface area contributed by atoms with E-state index in [1.807, 2.05) is 30.3 Å². The highest BCUT2D eigenvalue weighted by atomic mass is 35.5. The number of hydrogen-bond donors (Lipinski definition) is 1. The van der Waals surface area contributed by atoms with Crippen LogP contribution in [0.4, 0.5) is 0 Å². The predicted molar refractivity (Wildman–Crippen MR) is 81.1 cm³/mol. The van der Waals surface area contributed by atoms with Gasteiger partial charge in [0.2, 0.25) is 0 Å². The summed E-state index contributed by atoms with van der Waals surface area (Å²) in [5.41, 5.74) is 1.15. The summed E-state index contributed by atoms with van der Waals surface area (Å²) >= 11 is 6.13. The van der Waals surface area contributed by atoms with Crippen LogP contribution >= 0.6 is 11.6 Å². The molecular formula is C16H21ClNO2+. The average Bonchev–Trinajstić information content (AvgIpc) is 2.84. The maximum absolute atomic E-state index is 6.13. The van der Waals surface area contributed by atoms with Crippen LogP contribution in [0, 0.1) is 0 Å². The highest BCUT2D eigenvalue weighted by Crippen LogP contribution is 2.30. The van der Waals surface area contributed by atoms with Gasteiger partial charge in [0.25, 0.3) is 0 Å². The van der Waals surface area contributed by atoms with Crippen LogP contribution in [0.2, 0.25) is 5.02 Å². The standard InChI is InChI=1S/C16H20ClNO2/c1-16(2,3)18-10-12-6-8-14(20-12)11-5-7-15(19-4)13(17)9-11/h5-9,18H,10H2,1-4H3/p+1. The number of nitrogens with two attached hydrogens (primary N) is 1. The van der Waals surface area contributed by atoms with Crippen molar-refractivity contribution >= 4 is 11.6 Å². The van der Waals surface area contributed by atoms with Crippen molar-refractivity contribution in [3.63, 3.8) is 0 Å². The lowest BCUT2D eigenvalue weighted by Crippen LogP contribution is -2.92. The molecule has 1 heterocycles. The van der Waals surface area contributed by atoms with Crippen molar-refractivity contribution < 1.29 is 14.5 Å². The summed E-state index contributed by atoms with van der Waals surface area (Å²) < 4.78 is 11.0. The van der Waals surface area contributed by atoms with Gasteiger partial charge in [-0.1, -0.05) is 11.6 Å². The Balaban J connectivity index is 2.14. The number of rotatable bonds is 4. The second kappa shape index (κ2) is 5.90. The van der Waals surface area contributed by atoms with Crippen molar-refractivity contribution in [1.29, 1.82) is 0 Å². The van der Waals surface area contributed by atoms with Gasteiger partial charge in [0.1, 0.15) is 18.1 Å². The number of furan rings is 1. The van der Waals surface area contributed by atoms with Crippen LogP contribution < -0.4 is 10.1 Å². The first kappa shape index (κ1) is 14.9. The molecule has 0 amide bonds. The zero-order chi connectivity index (χ0) is 14.8. The van der Waals surface area contributed by atoms with Gasteiger partial charge in [-0.15, -0.1) is 0 Å². The number of hydrogen-bond acceptors (Lipinski definition) is 2. The van der Waals surface area contributed by atoms with Gasteiger partial charge in [-0.25, -0.2) is 0 Å². The Kier molecular flexibility index (Phi) is 4.41. The van der Waals surface area contributed by atoms with Crippen LogP contribution in [0.15, 0.2) is 34.7 Å². The topological polar surface area (TPSA) is 39.0 Å². The molecule has 0 radical (unpaired) electrons. The predicted octanol–water partition coefficient (Wildman–Crippen LogP) is 3.47.